The lowest BCUT2D eigenvalue weighted by Gasteiger charge is -2.17. The molecule has 4 aromatic carbocycles. The largest absolute Gasteiger partial charge is 0.425 e. The van der Waals surface area contributed by atoms with Crippen molar-refractivity contribution in [3.8, 4) is 22.6 Å². The van der Waals surface area contributed by atoms with Crippen LogP contribution in [0.25, 0.3) is 42.8 Å². The van der Waals surface area contributed by atoms with E-state index in [0.717, 1.165) is 42.8 Å². The van der Waals surface area contributed by atoms with Crippen molar-refractivity contribution in [2.75, 3.05) is 0 Å². The molecule has 0 aliphatic heterocycles. The third-order valence-electron chi connectivity index (χ3n) is 5.20. The Bertz CT molecular complexity index is 1480. The topological polar surface area (TPSA) is 52.6 Å². The normalized spacial score (nSPS) is 11.2. The molecule has 0 spiro atoms. The molecule has 0 aliphatic carbocycles. The lowest BCUT2D eigenvalue weighted by Crippen LogP contribution is -2.06. The summed E-state index contributed by atoms with van der Waals surface area (Å²) < 4.78 is 12.6. The lowest BCUT2D eigenvalue weighted by molar-refractivity contribution is -0.132. The summed E-state index contributed by atoms with van der Waals surface area (Å²) in [5.74, 6) is 0.150. The van der Waals surface area contributed by atoms with Crippen molar-refractivity contribution in [1.29, 1.82) is 0 Å². The molecule has 0 atom stereocenters. The average molecular weight is 426 g/mol. The number of carbonyl (C=O) groups is 2. The number of hydrogen-bond donors (Lipinski definition) is 0. The zero-order valence-corrected chi connectivity index (χ0v) is 17.8. The third kappa shape index (κ3) is 3.23. The molecule has 5 heteroatoms. The molecular weight excluding hydrogens is 408 g/mol. The lowest BCUT2D eigenvalue weighted by atomic mass is 9.94. The number of fused-ring (bicyclic) bond motifs is 4. The summed E-state index contributed by atoms with van der Waals surface area (Å²) in [5, 5.41) is 5.92. The Labute approximate surface area is 182 Å². The van der Waals surface area contributed by atoms with Gasteiger partial charge in [0.25, 0.3) is 0 Å². The first-order valence-corrected chi connectivity index (χ1v) is 10.7. The maximum absolute atomic E-state index is 12.0. The molecule has 0 radical (unpaired) electrons. The fourth-order valence-electron chi connectivity index (χ4n) is 4.06. The van der Waals surface area contributed by atoms with Gasteiger partial charge < -0.3 is 9.47 Å². The van der Waals surface area contributed by atoms with E-state index in [9.17, 15) is 9.59 Å². The number of rotatable bonds is 3. The first-order chi connectivity index (χ1) is 15.0. The number of hydrogen-bond acceptors (Lipinski definition) is 5. The Hall–Kier alpha value is -3.70. The van der Waals surface area contributed by atoms with Crippen LogP contribution in [-0.4, -0.2) is 11.9 Å². The second kappa shape index (κ2) is 7.52. The summed E-state index contributed by atoms with van der Waals surface area (Å²) in [6, 6.07) is 21.6. The van der Waals surface area contributed by atoms with Gasteiger partial charge in [-0.2, -0.15) is 0 Å². The van der Waals surface area contributed by atoms with Gasteiger partial charge in [-0.15, -0.1) is 11.3 Å². The molecule has 0 amide bonds. The minimum Gasteiger partial charge on any atom is -0.425 e. The maximum Gasteiger partial charge on any atom is 0.308 e. The van der Waals surface area contributed by atoms with Crippen molar-refractivity contribution < 1.29 is 19.1 Å². The molecule has 152 valence electrons. The highest BCUT2D eigenvalue weighted by Gasteiger charge is 2.22. The molecule has 1 aromatic heterocycles. The van der Waals surface area contributed by atoms with E-state index in [1.165, 1.54) is 13.8 Å². The second-order valence-corrected chi connectivity index (χ2v) is 8.18. The van der Waals surface area contributed by atoms with Gasteiger partial charge in [0.1, 0.15) is 11.5 Å². The molecule has 0 saturated heterocycles. The Morgan fingerprint density at radius 3 is 2.00 bits per heavy atom. The van der Waals surface area contributed by atoms with Crippen LogP contribution in [0, 0.1) is 0 Å². The zero-order valence-electron chi connectivity index (χ0n) is 17.0. The summed E-state index contributed by atoms with van der Waals surface area (Å²) in [7, 11) is 0. The van der Waals surface area contributed by atoms with Crippen LogP contribution in [0.5, 0.6) is 11.5 Å². The van der Waals surface area contributed by atoms with Gasteiger partial charge in [0.15, 0.2) is 0 Å². The number of carbonyl (C=O) groups excluding carboxylic acids is 2. The zero-order chi connectivity index (χ0) is 21.5. The fourth-order valence-corrected chi connectivity index (χ4v) is 5.00. The van der Waals surface area contributed by atoms with Gasteiger partial charge in [-0.05, 0) is 23.1 Å². The van der Waals surface area contributed by atoms with Crippen molar-refractivity contribution in [2.24, 2.45) is 0 Å². The van der Waals surface area contributed by atoms with Crippen molar-refractivity contribution in [3.63, 3.8) is 0 Å². The monoisotopic (exact) mass is 426 g/mol. The smallest absolute Gasteiger partial charge is 0.308 e. The molecule has 5 aromatic rings. The van der Waals surface area contributed by atoms with Gasteiger partial charge in [0.05, 0.1) is 0 Å². The molecule has 0 unspecified atom stereocenters. The van der Waals surface area contributed by atoms with Gasteiger partial charge >= 0.3 is 11.9 Å². The number of ether oxygens (including phenoxy) is 2. The van der Waals surface area contributed by atoms with E-state index in [2.05, 4.69) is 12.1 Å². The van der Waals surface area contributed by atoms with E-state index in [0.29, 0.717) is 11.5 Å². The van der Waals surface area contributed by atoms with Crippen molar-refractivity contribution in [3.05, 3.63) is 72.1 Å². The van der Waals surface area contributed by atoms with Gasteiger partial charge in [0.2, 0.25) is 0 Å². The van der Waals surface area contributed by atoms with Crippen LogP contribution in [0.1, 0.15) is 13.8 Å². The molecular formula is C26H18O4S. The van der Waals surface area contributed by atoms with E-state index >= 15 is 0 Å². The van der Waals surface area contributed by atoms with Crippen LogP contribution in [0.15, 0.2) is 72.1 Å². The van der Waals surface area contributed by atoms with Crippen molar-refractivity contribution in [1.82, 2.24) is 0 Å². The first kappa shape index (κ1) is 19.3. The molecule has 0 bridgehead atoms. The molecule has 4 nitrogen and oxygen atoms in total. The van der Waals surface area contributed by atoms with Crippen LogP contribution < -0.4 is 9.47 Å². The highest BCUT2D eigenvalue weighted by atomic mass is 32.1. The number of benzene rings is 4. The van der Waals surface area contributed by atoms with E-state index in [1.54, 1.807) is 11.3 Å². The predicted molar refractivity (Wildman–Crippen MR) is 125 cm³/mol. The fraction of sp³-hybridized carbons (Fsp3) is 0.0769. The van der Waals surface area contributed by atoms with Gasteiger partial charge in [0, 0.05) is 51.0 Å². The summed E-state index contributed by atoms with van der Waals surface area (Å²) in [5.41, 5.74) is 2.10. The van der Waals surface area contributed by atoms with Crippen molar-refractivity contribution >= 4 is 54.9 Å². The molecule has 0 N–H and O–H groups in total. The first-order valence-electron chi connectivity index (χ1n) is 9.85. The predicted octanol–water partition coefficient (Wildman–Crippen LogP) is 6.73. The highest BCUT2D eigenvalue weighted by Crippen LogP contribution is 2.49. The minimum atomic E-state index is -0.404. The van der Waals surface area contributed by atoms with E-state index in [1.807, 2.05) is 60.0 Å². The van der Waals surface area contributed by atoms with Gasteiger partial charge in [-0.25, -0.2) is 0 Å². The summed E-state index contributed by atoms with van der Waals surface area (Å²) >= 11 is 1.63. The third-order valence-corrected chi connectivity index (χ3v) is 6.15. The summed E-state index contributed by atoms with van der Waals surface area (Å²) in [4.78, 5) is 24.0. The molecule has 0 saturated carbocycles. The quantitative estimate of drug-likeness (QED) is 0.182. The number of esters is 2. The highest BCUT2D eigenvalue weighted by molar-refractivity contribution is 7.18. The molecule has 5 rings (SSSR count). The molecule has 0 aliphatic rings. The SMILES string of the molecule is CC(=O)Oc1c2ccccc2c(OC(C)=O)c2c1cc(-c1ccccc1)c1sccc12. The molecule has 31 heavy (non-hydrogen) atoms. The maximum atomic E-state index is 12.0. The molecule has 0 fully saturated rings. The minimum absolute atomic E-state index is 0.401. The summed E-state index contributed by atoms with van der Waals surface area (Å²) in [6.45, 7) is 2.78. The van der Waals surface area contributed by atoms with Crippen LogP contribution in [-0.2, 0) is 9.59 Å². The Kier molecular flexibility index (Phi) is 4.68. The number of thiophene rings is 1. The van der Waals surface area contributed by atoms with E-state index in [-0.39, 0.29) is 0 Å². The van der Waals surface area contributed by atoms with Crippen LogP contribution in [0.4, 0.5) is 0 Å². The summed E-state index contributed by atoms with van der Waals surface area (Å²) in [6.07, 6.45) is 0. The second-order valence-electron chi connectivity index (χ2n) is 7.27. The van der Waals surface area contributed by atoms with Crippen LogP contribution in [0.3, 0.4) is 0 Å². The standard InChI is InChI=1S/C26H18O4S/c1-15(27)29-24-18-10-6-7-11-19(18)25(30-16(2)28)23-20-12-13-31-26(20)21(14-22(23)24)17-8-4-3-5-9-17/h3-14H,1-2H3. The average Bonchev–Trinajstić information content (AvgIpc) is 3.25. The van der Waals surface area contributed by atoms with Gasteiger partial charge in [-0.3, -0.25) is 9.59 Å². The van der Waals surface area contributed by atoms with Crippen LogP contribution >= 0.6 is 11.3 Å². The van der Waals surface area contributed by atoms with E-state index < -0.39 is 11.9 Å². The Balaban J connectivity index is 2.03. The van der Waals surface area contributed by atoms with Crippen molar-refractivity contribution in [2.45, 2.75) is 13.8 Å². The molecule has 1 heterocycles. The van der Waals surface area contributed by atoms with E-state index in [4.69, 9.17) is 9.47 Å². The Morgan fingerprint density at radius 2 is 1.32 bits per heavy atom. The van der Waals surface area contributed by atoms with Crippen LogP contribution in [0.2, 0.25) is 0 Å². The Morgan fingerprint density at radius 1 is 0.710 bits per heavy atom. The van der Waals surface area contributed by atoms with Gasteiger partial charge in [-0.1, -0.05) is 54.6 Å².